The first kappa shape index (κ1) is 24.0. The number of rotatable bonds is 6. The molecule has 1 aliphatic rings. The SMILES string of the molecule is CC1=C(c2cccc(CCc3ccccc3)c2C)CCNC1.CCCc1ccccc1C. The molecule has 0 atom stereocenters. The van der Waals surface area contributed by atoms with E-state index >= 15 is 0 Å². The molecule has 0 fully saturated rings. The van der Waals surface area contributed by atoms with Crippen LogP contribution in [-0.4, -0.2) is 13.1 Å². The predicted molar refractivity (Wildman–Crippen MR) is 140 cm³/mol. The Kier molecular flexibility index (Phi) is 9.31. The summed E-state index contributed by atoms with van der Waals surface area (Å²) in [4.78, 5) is 0. The number of hydrogen-bond acceptors (Lipinski definition) is 1. The van der Waals surface area contributed by atoms with Gasteiger partial charge in [-0.1, -0.05) is 91.7 Å². The van der Waals surface area contributed by atoms with Gasteiger partial charge in [0, 0.05) is 6.54 Å². The molecule has 3 aromatic carbocycles. The Morgan fingerprint density at radius 2 is 1.44 bits per heavy atom. The molecule has 1 heterocycles. The van der Waals surface area contributed by atoms with Crippen LogP contribution >= 0.6 is 0 Å². The van der Waals surface area contributed by atoms with Crippen LogP contribution in [0.4, 0.5) is 0 Å². The summed E-state index contributed by atoms with van der Waals surface area (Å²) in [5, 5.41) is 3.46. The molecule has 0 aliphatic carbocycles. The van der Waals surface area contributed by atoms with Crippen molar-refractivity contribution in [3.05, 3.63) is 112 Å². The van der Waals surface area contributed by atoms with Crippen molar-refractivity contribution >= 4 is 5.57 Å². The van der Waals surface area contributed by atoms with E-state index in [1.54, 1.807) is 5.57 Å². The van der Waals surface area contributed by atoms with Crippen molar-refractivity contribution in [1.82, 2.24) is 5.32 Å². The molecule has 0 spiro atoms. The lowest BCUT2D eigenvalue weighted by molar-refractivity contribution is 0.713. The van der Waals surface area contributed by atoms with Gasteiger partial charge in [-0.3, -0.25) is 0 Å². The summed E-state index contributed by atoms with van der Waals surface area (Å²) in [7, 11) is 0. The van der Waals surface area contributed by atoms with Crippen LogP contribution in [0.25, 0.3) is 5.57 Å². The van der Waals surface area contributed by atoms with Crippen LogP contribution in [0.2, 0.25) is 0 Å². The maximum atomic E-state index is 3.46. The fourth-order valence-corrected chi connectivity index (χ4v) is 4.54. The second-order valence-electron chi connectivity index (χ2n) is 8.94. The number of hydrogen-bond donors (Lipinski definition) is 1. The summed E-state index contributed by atoms with van der Waals surface area (Å²) in [5.41, 5.74) is 11.8. The van der Waals surface area contributed by atoms with Crippen LogP contribution in [-0.2, 0) is 19.3 Å². The van der Waals surface area contributed by atoms with Crippen molar-refractivity contribution in [2.24, 2.45) is 0 Å². The zero-order chi connectivity index (χ0) is 22.8. The van der Waals surface area contributed by atoms with Gasteiger partial charge in [0.1, 0.15) is 0 Å². The van der Waals surface area contributed by atoms with Gasteiger partial charge in [0.2, 0.25) is 0 Å². The minimum absolute atomic E-state index is 1.03. The average Bonchev–Trinajstić information content (AvgIpc) is 2.82. The standard InChI is InChI=1S/C21H25N.C10H14/c1-16-15-22-14-13-20(16)21-10-6-9-19(17(21)2)12-11-18-7-4-3-5-8-18;1-3-6-10-8-5-4-7-9(10)2/h3-10,22H,11-15H2,1-2H3;4-5,7-8H,3,6H2,1-2H3. The Labute approximate surface area is 195 Å². The summed E-state index contributed by atoms with van der Waals surface area (Å²) < 4.78 is 0. The maximum Gasteiger partial charge on any atom is 0.0168 e. The molecular formula is C31H39N. The normalized spacial score (nSPS) is 13.5. The van der Waals surface area contributed by atoms with E-state index in [-0.39, 0.29) is 0 Å². The summed E-state index contributed by atoms with van der Waals surface area (Å²) >= 11 is 0. The Balaban J connectivity index is 0.000000243. The van der Waals surface area contributed by atoms with Gasteiger partial charge in [0.25, 0.3) is 0 Å². The lowest BCUT2D eigenvalue weighted by Crippen LogP contribution is -2.23. The molecule has 0 amide bonds. The van der Waals surface area contributed by atoms with E-state index in [1.165, 1.54) is 51.8 Å². The third-order valence-corrected chi connectivity index (χ3v) is 6.53. The lowest BCUT2D eigenvalue weighted by Gasteiger charge is -2.22. The molecule has 1 aliphatic heterocycles. The molecule has 4 rings (SSSR count). The molecule has 3 aromatic rings. The molecule has 0 radical (unpaired) electrons. The van der Waals surface area contributed by atoms with Gasteiger partial charge in [-0.25, -0.2) is 0 Å². The monoisotopic (exact) mass is 425 g/mol. The smallest absolute Gasteiger partial charge is 0.0168 e. The van der Waals surface area contributed by atoms with Gasteiger partial charge in [-0.15, -0.1) is 0 Å². The van der Waals surface area contributed by atoms with E-state index in [0.29, 0.717) is 0 Å². The molecule has 0 bridgehead atoms. The summed E-state index contributed by atoms with van der Waals surface area (Å²) in [6.45, 7) is 11.1. The number of benzene rings is 3. The van der Waals surface area contributed by atoms with Gasteiger partial charge in [-0.2, -0.15) is 0 Å². The van der Waals surface area contributed by atoms with E-state index in [1.807, 2.05) is 0 Å². The molecule has 1 heteroatoms. The van der Waals surface area contributed by atoms with Gasteiger partial charge < -0.3 is 5.32 Å². The Morgan fingerprint density at radius 1 is 0.719 bits per heavy atom. The van der Waals surface area contributed by atoms with Crippen LogP contribution < -0.4 is 5.32 Å². The van der Waals surface area contributed by atoms with Gasteiger partial charge in [0.15, 0.2) is 0 Å². The predicted octanol–water partition coefficient (Wildman–Crippen LogP) is 7.49. The van der Waals surface area contributed by atoms with Crippen LogP contribution in [0.1, 0.15) is 60.1 Å². The summed E-state index contributed by atoms with van der Waals surface area (Å²) in [6.07, 6.45) is 5.84. The highest BCUT2D eigenvalue weighted by molar-refractivity contribution is 5.72. The van der Waals surface area contributed by atoms with Gasteiger partial charge in [0.05, 0.1) is 0 Å². The molecule has 168 valence electrons. The van der Waals surface area contributed by atoms with Crippen molar-refractivity contribution < 1.29 is 0 Å². The minimum atomic E-state index is 1.03. The first-order valence-corrected chi connectivity index (χ1v) is 12.2. The minimum Gasteiger partial charge on any atom is -0.313 e. The summed E-state index contributed by atoms with van der Waals surface area (Å²) in [5.74, 6) is 0. The fourth-order valence-electron chi connectivity index (χ4n) is 4.54. The molecule has 0 saturated heterocycles. The van der Waals surface area contributed by atoms with E-state index in [9.17, 15) is 0 Å². The van der Waals surface area contributed by atoms with E-state index in [4.69, 9.17) is 0 Å². The quantitative estimate of drug-likeness (QED) is 0.431. The zero-order valence-electron chi connectivity index (χ0n) is 20.4. The Morgan fingerprint density at radius 3 is 2.16 bits per heavy atom. The molecule has 0 aromatic heterocycles. The largest absolute Gasteiger partial charge is 0.313 e. The number of aryl methyl sites for hydroxylation is 4. The number of nitrogens with one attached hydrogen (secondary N) is 1. The average molecular weight is 426 g/mol. The Hall–Kier alpha value is -2.64. The van der Waals surface area contributed by atoms with Gasteiger partial charge >= 0.3 is 0 Å². The lowest BCUT2D eigenvalue weighted by atomic mass is 9.88. The van der Waals surface area contributed by atoms with Gasteiger partial charge in [-0.05, 0) is 92.0 Å². The van der Waals surface area contributed by atoms with E-state index < -0.39 is 0 Å². The van der Waals surface area contributed by atoms with Crippen molar-refractivity contribution in [3.8, 4) is 0 Å². The highest BCUT2D eigenvalue weighted by Crippen LogP contribution is 2.29. The highest BCUT2D eigenvalue weighted by atomic mass is 14.9. The van der Waals surface area contributed by atoms with Crippen molar-refractivity contribution in [2.75, 3.05) is 13.1 Å². The van der Waals surface area contributed by atoms with E-state index in [0.717, 1.165) is 32.4 Å². The second kappa shape index (κ2) is 12.4. The van der Waals surface area contributed by atoms with Crippen LogP contribution in [0, 0.1) is 13.8 Å². The fraction of sp³-hybridized carbons (Fsp3) is 0.355. The van der Waals surface area contributed by atoms with Crippen molar-refractivity contribution in [3.63, 3.8) is 0 Å². The molecule has 1 N–H and O–H groups in total. The third-order valence-electron chi connectivity index (χ3n) is 6.53. The molecule has 0 saturated carbocycles. The van der Waals surface area contributed by atoms with Crippen LogP contribution in [0.15, 0.2) is 78.4 Å². The molecule has 0 unspecified atom stereocenters. The van der Waals surface area contributed by atoms with Crippen LogP contribution in [0.5, 0.6) is 0 Å². The maximum absolute atomic E-state index is 3.46. The zero-order valence-corrected chi connectivity index (χ0v) is 20.4. The third kappa shape index (κ3) is 6.68. The van der Waals surface area contributed by atoms with E-state index in [2.05, 4.69) is 106 Å². The Bertz CT molecular complexity index is 1010. The first-order chi connectivity index (χ1) is 15.6. The topological polar surface area (TPSA) is 12.0 Å². The highest BCUT2D eigenvalue weighted by Gasteiger charge is 2.14. The van der Waals surface area contributed by atoms with Crippen molar-refractivity contribution in [2.45, 2.75) is 59.8 Å². The molecular weight excluding hydrogens is 386 g/mol. The molecule has 1 nitrogen and oxygen atoms in total. The second-order valence-corrected chi connectivity index (χ2v) is 8.94. The van der Waals surface area contributed by atoms with Crippen LogP contribution in [0.3, 0.4) is 0 Å². The summed E-state index contributed by atoms with van der Waals surface area (Å²) in [6, 6.07) is 26.2. The molecule has 32 heavy (non-hydrogen) atoms. The van der Waals surface area contributed by atoms with Crippen molar-refractivity contribution in [1.29, 1.82) is 0 Å². The first-order valence-electron chi connectivity index (χ1n) is 12.2.